The van der Waals surface area contributed by atoms with Crippen molar-refractivity contribution in [2.75, 3.05) is 23.7 Å². The second-order valence-corrected chi connectivity index (χ2v) is 10.2. The summed E-state index contributed by atoms with van der Waals surface area (Å²) in [5.74, 6) is -0.420. The minimum Gasteiger partial charge on any atom is -0.353 e. The van der Waals surface area contributed by atoms with Crippen molar-refractivity contribution in [3.8, 4) is 0 Å². The van der Waals surface area contributed by atoms with E-state index in [9.17, 15) is 13.2 Å². The van der Waals surface area contributed by atoms with Gasteiger partial charge in [0.05, 0.1) is 0 Å². The molecule has 1 aromatic heterocycles. The normalized spacial score (nSPS) is 16.4. The fraction of sp³-hybridized carbons (Fsp3) is 0.812. The van der Waals surface area contributed by atoms with Crippen LogP contribution in [0.5, 0.6) is 0 Å². The average molecular weight is 389 g/mol. The Kier molecular flexibility index (Phi) is 7.18. The molecule has 1 atom stereocenters. The zero-order chi connectivity index (χ0) is 18.4. The zero-order valence-corrected chi connectivity index (χ0v) is 16.8. The van der Waals surface area contributed by atoms with E-state index in [1.54, 1.807) is 0 Å². The van der Waals surface area contributed by atoms with Crippen LogP contribution in [0.25, 0.3) is 0 Å². The second-order valence-electron chi connectivity index (χ2n) is 7.10. The topological polar surface area (TPSA) is 92.3 Å². The number of sulfone groups is 1. The van der Waals surface area contributed by atoms with Crippen LogP contribution in [0.4, 0.5) is 5.13 Å². The summed E-state index contributed by atoms with van der Waals surface area (Å²) < 4.78 is 24.7. The van der Waals surface area contributed by atoms with Gasteiger partial charge in [-0.2, -0.15) is 0 Å². The predicted molar refractivity (Wildman–Crippen MR) is 99.7 cm³/mol. The maximum Gasteiger partial charge on any atom is 0.235 e. The third-order valence-electron chi connectivity index (χ3n) is 4.19. The van der Waals surface area contributed by atoms with Crippen molar-refractivity contribution in [1.29, 1.82) is 0 Å². The monoisotopic (exact) mass is 388 g/mol. The lowest BCUT2D eigenvalue weighted by molar-refractivity contribution is -0.119. The Morgan fingerprint density at radius 2 is 1.88 bits per heavy atom. The van der Waals surface area contributed by atoms with Crippen molar-refractivity contribution in [2.24, 2.45) is 5.92 Å². The summed E-state index contributed by atoms with van der Waals surface area (Å²) in [6.07, 6.45) is 5.13. The molecular weight excluding hydrogens is 360 g/mol. The molecule has 142 valence electrons. The van der Waals surface area contributed by atoms with Crippen LogP contribution in [0, 0.1) is 5.92 Å². The lowest BCUT2D eigenvalue weighted by atomic mass is 10.0. The van der Waals surface area contributed by atoms with E-state index in [0.29, 0.717) is 11.0 Å². The first kappa shape index (κ1) is 20.1. The molecule has 2 heterocycles. The van der Waals surface area contributed by atoms with Gasteiger partial charge in [0.2, 0.25) is 25.2 Å². The van der Waals surface area contributed by atoms with Gasteiger partial charge in [-0.15, -0.1) is 10.2 Å². The fourth-order valence-electron chi connectivity index (χ4n) is 2.82. The molecule has 1 aromatic rings. The summed E-state index contributed by atoms with van der Waals surface area (Å²) in [7, 11) is -3.74. The number of hydrogen-bond donors (Lipinski definition) is 1. The lowest BCUT2D eigenvalue weighted by Crippen LogP contribution is -2.36. The summed E-state index contributed by atoms with van der Waals surface area (Å²) in [6, 6.07) is -0.0315. The first-order valence-electron chi connectivity index (χ1n) is 8.88. The molecule has 0 aliphatic carbocycles. The SMILES string of the molecule is CC(C)CCCC(C)NC(=O)CS(=O)(=O)c1nnc(N2CCCC2)s1. The Hall–Kier alpha value is -1.22. The number of carbonyl (C=O) groups excluding carboxylic acids is 1. The Morgan fingerprint density at radius 3 is 2.52 bits per heavy atom. The molecule has 1 unspecified atom stereocenters. The first-order chi connectivity index (χ1) is 11.8. The molecule has 1 saturated heterocycles. The van der Waals surface area contributed by atoms with Gasteiger partial charge in [-0.3, -0.25) is 4.79 Å². The minimum absolute atomic E-state index is 0.0315. The van der Waals surface area contributed by atoms with Gasteiger partial charge in [0, 0.05) is 19.1 Å². The third kappa shape index (κ3) is 6.22. The Bertz CT molecular complexity index is 667. The molecule has 1 fully saturated rings. The van der Waals surface area contributed by atoms with E-state index < -0.39 is 21.5 Å². The van der Waals surface area contributed by atoms with Gasteiger partial charge in [0.1, 0.15) is 5.75 Å². The molecule has 0 aromatic carbocycles. The summed E-state index contributed by atoms with van der Waals surface area (Å²) in [5.41, 5.74) is 0. The first-order valence-corrected chi connectivity index (χ1v) is 11.4. The molecule has 1 aliphatic heterocycles. The van der Waals surface area contributed by atoms with Crippen LogP contribution < -0.4 is 10.2 Å². The van der Waals surface area contributed by atoms with Crippen LogP contribution in [0.3, 0.4) is 0 Å². The van der Waals surface area contributed by atoms with Gasteiger partial charge < -0.3 is 10.2 Å². The molecular formula is C16H28N4O3S2. The number of amides is 1. The Balaban J connectivity index is 1.86. The molecule has 2 rings (SSSR count). The highest BCUT2D eigenvalue weighted by atomic mass is 32.2. The van der Waals surface area contributed by atoms with Crippen LogP contribution in [-0.4, -0.2) is 49.4 Å². The van der Waals surface area contributed by atoms with Crippen LogP contribution in [0.15, 0.2) is 4.34 Å². The van der Waals surface area contributed by atoms with Crippen LogP contribution >= 0.6 is 11.3 Å². The summed E-state index contributed by atoms with van der Waals surface area (Å²) >= 11 is 1.05. The molecule has 1 aliphatic rings. The van der Waals surface area contributed by atoms with Gasteiger partial charge in [0.25, 0.3) is 0 Å². The van der Waals surface area contributed by atoms with Crippen molar-refractivity contribution in [2.45, 2.75) is 63.3 Å². The molecule has 0 radical (unpaired) electrons. The standard InChI is InChI=1S/C16H28N4O3S2/c1-12(2)7-6-8-13(3)17-14(21)11-25(22,23)16-19-18-15(24-16)20-9-4-5-10-20/h12-13H,4-11H2,1-3H3,(H,17,21). The van der Waals surface area contributed by atoms with E-state index in [1.807, 2.05) is 11.8 Å². The van der Waals surface area contributed by atoms with E-state index in [0.717, 1.165) is 56.5 Å². The number of carbonyl (C=O) groups is 1. The van der Waals surface area contributed by atoms with E-state index in [4.69, 9.17) is 0 Å². The van der Waals surface area contributed by atoms with E-state index in [1.165, 1.54) is 0 Å². The van der Waals surface area contributed by atoms with Gasteiger partial charge in [-0.05, 0) is 32.1 Å². The van der Waals surface area contributed by atoms with Gasteiger partial charge in [-0.1, -0.05) is 38.0 Å². The van der Waals surface area contributed by atoms with E-state index >= 15 is 0 Å². The Morgan fingerprint density at radius 1 is 1.20 bits per heavy atom. The second kappa shape index (κ2) is 8.93. The van der Waals surface area contributed by atoms with Gasteiger partial charge >= 0.3 is 0 Å². The molecule has 1 N–H and O–H groups in total. The number of aromatic nitrogens is 2. The number of nitrogens with zero attached hydrogens (tertiary/aromatic N) is 3. The zero-order valence-electron chi connectivity index (χ0n) is 15.2. The number of hydrogen-bond acceptors (Lipinski definition) is 7. The predicted octanol–water partition coefficient (Wildman–Crippen LogP) is 2.24. The molecule has 9 heteroatoms. The van der Waals surface area contributed by atoms with Gasteiger partial charge in [-0.25, -0.2) is 8.42 Å². The minimum atomic E-state index is -3.74. The highest BCUT2D eigenvalue weighted by Gasteiger charge is 2.26. The average Bonchev–Trinajstić information content (AvgIpc) is 3.17. The van der Waals surface area contributed by atoms with Crippen molar-refractivity contribution in [3.63, 3.8) is 0 Å². The van der Waals surface area contributed by atoms with Gasteiger partial charge in [0.15, 0.2) is 0 Å². The van der Waals surface area contributed by atoms with E-state index in [2.05, 4.69) is 29.4 Å². The van der Waals surface area contributed by atoms with Crippen molar-refractivity contribution < 1.29 is 13.2 Å². The summed E-state index contributed by atoms with van der Waals surface area (Å²) in [5, 5.41) is 11.2. The number of anilines is 1. The van der Waals surface area contributed by atoms with Crippen molar-refractivity contribution in [1.82, 2.24) is 15.5 Å². The molecule has 0 spiro atoms. The van der Waals surface area contributed by atoms with Crippen molar-refractivity contribution in [3.05, 3.63) is 0 Å². The fourth-order valence-corrected chi connectivity index (χ4v) is 5.08. The quantitative estimate of drug-likeness (QED) is 0.697. The van der Waals surface area contributed by atoms with Crippen molar-refractivity contribution >= 4 is 32.2 Å². The largest absolute Gasteiger partial charge is 0.353 e. The highest BCUT2D eigenvalue weighted by Crippen LogP contribution is 2.27. The summed E-state index contributed by atoms with van der Waals surface area (Å²) in [4.78, 5) is 14.1. The Labute approximate surface area is 154 Å². The molecule has 1 amide bonds. The molecule has 25 heavy (non-hydrogen) atoms. The van der Waals surface area contributed by atoms with Crippen LogP contribution in [-0.2, 0) is 14.6 Å². The molecule has 0 saturated carbocycles. The molecule has 7 nitrogen and oxygen atoms in total. The highest BCUT2D eigenvalue weighted by molar-refractivity contribution is 7.94. The third-order valence-corrected chi connectivity index (χ3v) is 7.23. The maximum absolute atomic E-state index is 12.4. The number of nitrogens with one attached hydrogen (secondary N) is 1. The summed E-state index contributed by atoms with van der Waals surface area (Å²) in [6.45, 7) is 7.98. The van der Waals surface area contributed by atoms with Crippen LogP contribution in [0.2, 0.25) is 0 Å². The maximum atomic E-state index is 12.4. The van der Waals surface area contributed by atoms with E-state index in [-0.39, 0.29) is 10.4 Å². The lowest BCUT2D eigenvalue weighted by Gasteiger charge is -2.14. The molecule has 0 bridgehead atoms. The number of rotatable bonds is 9. The van der Waals surface area contributed by atoms with Crippen LogP contribution in [0.1, 0.15) is 52.9 Å². The smallest absolute Gasteiger partial charge is 0.235 e.